The summed E-state index contributed by atoms with van der Waals surface area (Å²) in [6.07, 6.45) is 3.62. The quantitative estimate of drug-likeness (QED) is 0.418. The third-order valence-electron chi connectivity index (χ3n) is 4.40. The van der Waals surface area contributed by atoms with Gasteiger partial charge in [-0.05, 0) is 36.4 Å². The summed E-state index contributed by atoms with van der Waals surface area (Å²) in [7, 11) is 0. The molecule has 118 valence electrons. The normalized spacial score (nSPS) is 11.2. The predicted molar refractivity (Wildman–Crippen MR) is 100 cm³/mol. The molecule has 3 aromatic heterocycles. The van der Waals surface area contributed by atoms with Gasteiger partial charge in [-0.1, -0.05) is 36.4 Å². The van der Waals surface area contributed by atoms with Gasteiger partial charge in [0.15, 0.2) is 0 Å². The van der Waals surface area contributed by atoms with E-state index in [4.69, 9.17) is 4.42 Å². The Morgan fingerprint density at radius 3 is 2.40 bits per heavy atom. The number of para-hydroxylation sites is 2. The van der Waals surface area contributed by atoms with Crippen LogP contribution in [0.2, 0.25) is 0 Å². The Labute approximate surface area is 144 Å². The second kappa shape index (κ2) is 5.56. The van der Waals surface area contributed by atoms with Crippen molar-refractivity contribution in [2.75, 3.05) is 0 Å². The number of fused-ring (bicyclic) bond motifs is 3. The van der Waals surface area contributed by atoms with Crippen molar-refractivity contribution in [2.45, 2.75) is 0 Å². The summed E-state index contributed by atoms with van der Waals surface area (Å²) in [6.45, 7) is 0. The molecule has 0 unspecified atom stereocenters. The van der Waals surface area contributed by atoms with Crippen LogP contribution in [-0.2, 0) is 0 Å². The Morgan fingerprint density at radius 2 is 1.48 bits per heavy atom. The molecule has 0 bridgehead atoms. The lowest BCUT2D eigenvalue weighted by atomic mass is 10.0. The largest absolute Gasteiger partial charge is 0.455 e. The molecule has 0 radical (unpaired) electrons. The fourth-order valence-corrected chi connectivity index (χ4v) is 3.22. The van der Waals surface area contributed by atoms with E-state index < -0.39 is 0 Å². The van der Waals surface area contributed by atoms with Gasteiger partial charge in [0.1, 0.15) is 11.2 Å². The minimum Gasteiger partial charge on any atom is -0.455 e. The molecule has 0 spiro atoms. The Kier molecular flexibility index (Phi) is 3.10. The van der Waals surface area contributed by atoms with Crippen LogP contribution < -0.4 is 0 Å². The third kappa shape index (κ3) is 2.29. The molecule has 5 aromatic rings. The molecule has 0 aliphatic heterocycles. The summed E-state index contributed by atoms with van der Waals surface area (Å²) in [4.78, 5) is 9.00. The number of nitrogens with zero attached hydrogens (tertiary/aromatic N) is 2. The van der Waals surface area contributed by atoms with E-state index in [-0.39, 0.29) is 0 Å². The second-order valence-electron chi connectivity index (χ2n) is 5.93. The summed E-state index contributed by atoms with van der Waals surface area (Å²) in [6, 6.07) is 24.2. The van der Waals surface area contributed by atoms with Crippen LogP contribution >= 0.6 is 0 Å². The van der Waals surface area contributed by atoms with Crippen LogP contribution in [0.5, 0.6) is 0 Å². The van der Waals surface area contributed by atoms with Crippen LogP contribution in [0, 0.1) is 0 Å². The summed E-state index contributed by atoms with van der Waals surface area (Å²) < 4.78 is 6.13. The molecule has 0 saturated heterocycles. The lowest BCUT2D eigenvalue weighted by Gasteiger charge is -2.05. The van der Waals surface area contributed by atoms with Crippen molar-refractivity contribution in [1.82, 2.24) is 9.97 Å². The van der Waals surface area contributed by atoms with Gasteiger partial charge in [-0.25, -0.2) is 0 Å². The van der Waals surface area contributed by atoms with Crippen LogP contribution in [0.15, 0.2) is 89.6 Å². The third-order valence-corrected chi connectivity index (χ3v) is 4.40. The van der Waals surface area contributed by atoms with E-state index in [1.165, 1.54) is 0 Å². The van der Waals surface area contributed by atoms with Gasteiger partial charge in [0.05, 0.1) is 11.4 Å². The molecule has 0 amide bonds. The van der Waals surface area contributed by atoms with Gasteiger partial charge in [-0.15, -0.1) is 0 Å². The van der Waals surface area contributed by atoms with Crippen molar-refractivity contribution < 1.29 is 4.42 Å². The molecular weight excluding hydrogens is 308 g/mol. The zero-order valence-electron chi connectivity index (χ0n) is 13.4. The van der Waals surface area contributed by atoms with E-state index in [9.17, 15) is 0 Å². The van der Waals surface area contributed by atoms with E-state index in [0.29, 0.717) is 0 Å². The van der Waals surface area contributed by atoms with Gasteiger partial charge in [-0.2, -0.15) is 0 Å². The highest BCUT2D eigenvalue weighted by molar-refractivity contribution is 6.09. The average molecular weight is 322 g/mol. The molecule has 3 heteroatoms. The topological polar surface area (TPSA) is 38.9 Å². The minimum absolute atomic E-state index is 0.870. The lowest BCUT2D eigenvalue weighted by molar-refractivity contribution is 0.670. The first-order valence-corrected chi connectivity index (χ1v) is 8.18. The van der Waals surface area contributed by atoms with Crippen molar-refractivity contribution in [2.24, 2.45) is 0 Å². The molecule has 3 nitrogen and oxygen atoms in total. The fraction of sp³-hybridized carbons (Fsp3) is 0. The van der Waals surface area contributed by atoms with Gasteiger partial charge in [0.2, 0.25) is 0 Å². The van der Waals surface area contributed by atoms with E-state index in [0.717, 1.165) is 44.5 Å². The maximum atomic E-state index is 6.13. The summed E-state index contributed by atoms with van der Waals surface area (Å²) in [5, 5.41) is 2.23. The lowest BCUT2D eigenvalue weighted by Crippen LogP contribution is -1.87. The molecule has 3 heterocycles. The number of rotatable bonds is 2. The van der Waals surface area contributed by atoms with Gasteiger partial charge < -0.3 is 4.42 Å². The van der Waals surface area contributed by atoms with Crippen LogP contribution in [-0.4, -0.2) is 9.97 Å². The van der Waals surface area contributed by atoms with Crippen molar-refractivity contribution in [3.8, 4) is 22.5 Å². The first-order valence-electron chi connectivity index (χ1n) is 8.18. The van der Waals surface area contributed by atoms with Crippen LogP contribution in [0.4, 0.5) is 0 Å². The van der Waals surface area contributed by atoms with E-state index in [1.54, 1.807) is 6.20 Å². The van der Waals surface area contributed by atoms with Crippen molar-refractivity contribution in [1.29, 1.82) is 0 Å². The van der Waals surface area contributed by atoms with Crippen LogP contribution in [0.25, 0.3) is 44.5 Å². The molecule has 0 saturated carbocycles. The van der Waals surface area contributed by atoms with E-state index in [2.05, 4.69) is 40.3 Å². The smallest absolute Gasteiger partial charge is 0.144 e. The average Bonchev–Trinajstić information content (AvgIpc) is 3.07. The van der Waals surface area contributed by atoms with E-state index in [1.807, 2.05) is 48.7 Å². The Bertz CT molecular complexity index is 1190. The van der Waals surface area contributed by atoms with Gasteiger partial charge in [-0.3, -0.25) is 9.97 Å². The molecule has 25 heavy (non-hydrogen) atoms. The van der Waals surface area contributed by atoms with Gasteiger partial charge in [0.25, 0.3) is 0 Å². The number of benzene rings is 2. The zero-order valence-corrected chi connectivity index (χ0v) is 13.4. The van der Waals surface area contributed by atoms with Gasteiger partial charge in [0, 0.05) is 34.3 Å². The molecule has 0 N–H and O–H groups in total. The highest BCUT2D eigenvalue weighted by Gasteiger charge is 2.13. The number of aromatic nitrogens is 2. The first-order chi connectivity index (χ1) is 12.4. The first kappa shape index (κ1) is 13.9. The van der Waals surface area contributed by atoms with Crippen molar-refractivity contribution in [3.63, 3.8) is 0 Å². The van der Waals surface area contributed by atoms with Crippen LogP contribution in [0.3, 0.4) is 0 Å². The fourth-order valence-electron chi connectivity index (χ4n) is 3.22. The Balaban J connectivity index is 1.74. The maximum Gasteiger partial charge on any atom is 0.144 e. The second-order valence-corrected chi connectivity index (χ2v) is 5.93. The van der Waals surface area contributed by atoms with E-state index >= 15 is 0 Å². The standard InChI is InChI=1S/C22H14N2O/c1-2-10-21-16(6-1)17-7-5-8-18(22(17)25-21)20-14-15(11-13-24-20)19-9-3-4-12-23-19/h1-14H. The molecular formula is C22H14N2O. The molecule has 0 aliphatic rings. The summed E-state index contributed by atoms with van der Waals surface area (Å²) >= 11 is 0. The maximum absolute atomic E-state index is 6.13. The number of hydrogen-bond acceptors (Lipinski definition) is 3. The van der Waals surface area contributed by atoms with Crippen LogP contribution in [0.1, 0.15) is 0 Å². The Hall–Kier alpha value is -3.46. The Morgan fingerprint density at radius 1 is 0.640 bits per heavy atom. The van der Waals surface area contributed by atoms with Crippen molar-refractivity contribution >= 4 is 21.9 Å². The molecule has 0 atom stereocenters. The zero-order chi connectivity index (χ0) is 16.6. The monoisotopic (exact) mass is 322 g/mol. The molecule has 0 aliphatic carbocycles. The number of hydrogen-bond donors (Lipinski definition) is 0. The number of pyridine rings is 2. The molecule has 0 fully saturated rings. The summed E-state index contributed by atoms with van der Waals surface area (Å²) in [5.74, 6) is 0. The molecule has 2 aromatic carbocycles. The highest BCUT2D eigenvalue weighted by atomic mass is 16.3. The minimum atomic E-state index is 0.870. The highest BCUT2D eigenvalue weighted by Crippen LogP contribution is 2.35. The van der Waals surface area contributed by atoms with Crippen molar-refractivity contribution in [3.05, 3.63) is 85.2 Å². The molecule has 5 rings (SSSR count). The summed E-state index contributed by atoms with van der Waals surface area (Å²) in [5.41, 5.74) is 5.61. The number of furan rings is 1. The predicted octanol–water partition coefficient (Wildman–Crippen LogP) is 5.71. The SMILES string of the molecule is c1ccc(-c2ccnc(-c3cccc4c3oc3ccccc34)c2)nc1. The van der Waals surface area contributed by atoms with Gasteiger partial charge >= 0.3 is 0 Å².